The van der Waals surface area contributed by atoms with Crippen LogP contribution in [0.1, 0.15) is 30.9 Å². The van der Waals surface area contributed by atoms with Crippen LogP contribution < -0.4 is 4.80 Å². The highest BCUT2D eigenvalue weighted by molar-refractivity contribution is 7.89. The fourth-order valence-electron chi connectivity index (χ4n) is 4.05. The molecule has 1 aromatic heterocycles. The molecule has 1 aliphatic rings. The molecule has 172 valence electrons. The van der Waals surface area contributed by atoms with E-state index >= 15 is 0 Å². The Bertz CT molecular complexity index is 1390. The number of fused-ring (bicyclic) bond motifs is 1. The summed E-state index contributed by atoms with van der Waals surface area (Å²) in [6, 6.07) is 13.1. The van der Waals surface area contributed by atoms with Gasteiger partial charge in [0.25, 0.3) is 5.91 Å². The minimum Gasteiger partial charge on any atom is -0.305 e. The second-order valence-corrected chi connectivity index (χ2v) is 11.2. The number of thiazole rings is 1. The van der Waals surface area contributed by atoms with E-state index in [1.54, 1.807) is 24.3 Å². The summed E-state index contributed by atoms with van der Waals surface area (Å²) >= 11 is 1.46. The second-order valence-electron chi connectivity index (χ2n) is 8.27. The number of carbonyl (C=O) groups excluding carboxylic acids is 1. The Labute approximate surface area is 198 Å². The Balaban J connectivity index is 1.53. The summed E-state index contributed by atoms with van der Waals surface area (Å²) in [6.45, 7) is 4.97. The smallest absolute Gasteiger partial charge is 0.251 e. The summed E-state index contributed by atoms with van der Waals surface area (Å²) in [5.41, 5.74) is 3.20. The Morgan fingerprint density at radius 1 is 1.18 bits per heavy atom. The van der Waals surface area contributed by atoms with Crippen LogP contribution in [0.3, 0.4) is 0 Å². The van der Waals surface area contributed by atoms with Crippen LogP contribution in [0.2, 0.25) is 0 Å². The molecule has 1 fully saturated rings. The van der Waals surface area contributed by atoms with Crippen molar-refractivity contribution >= 4 is 37.5 Å². The molecular formula is C25H27N3O3S2. The van der Waals surface area contributed by atoms with Crippen molar-refractivity contribution in [3.05, 3.63) is 58.4 Å². The first-order valence-electron chi connectivity index (χ1n) is 11.0. The van der Waals surface area contributed by atoms with Gasteiger partial charge in [-0.05, 0) is 56.0 Å². The highest BCUT2D eigenvalue weighted by Crippen LogP contribution is 2.25. The fraction of sp³-hybridized carbons (Fsp3) is 0.360. The van der Waals surface area contributed by atoms with E-state index in [0.29, 0.717) is 37.3 Å². The van der Waals surface area contributed by atoms with E-state index in [2.05, 4.69) is 30.0 Å². The largest absolute Gasteiger partial charge is 0.305 e. The number of nitrogens with zero attached hydrogens (tertiary/aromatic N) is 3. The summed E-state index contributed by atoms with van der Waals surface area (Å²) < 4.78 is 30.3. The van der Waals surface area contributed by atoms with Crippen molar-refractivity contribution in [2.75, 3.05) is 13.1 Å². The van der Waals surface area contributed by atoms with Gasteiger partial charge < -0.3 is 4.57 Å². The third-order valence-electron chi connectivity index (χ3n) is 6.07. The quantitative estimate of drug-likeness (QED) is 0.521. The summed E-state index contributed by atoms with van der Waals surface area (Å²) in [6.07, 6.45) is 7.40. The molecular weight excluding hydrogens is 454 g/mol. The van der Waals surface area contributed by atoms with Crippen molar-refractivity contribution in [1.82, 2.24) is 8.87 Å². The number of aromatic nitrogens is 1. The van der Waals surface area contributed by atoms with Gasteiger partial charge >= 0.3 is 0 Å². The van der Waals surface area contributed by atoms with Crippen LogP contribution in [0.4, 0.5) is 0 Å². The lowest BCUT2D eigenvalue weighted by molar-refractivity contribution is -0.122. The van der Waals surface area contributed by atoms with Crippen LogP contribution in [0, 0.1) is 25.2 Å². The predicted octanol–water partition coefficient (Wildman–Crippen LogP) is 3.74. The summed E-state index contributed by atoms with van der Waals surface area (Å²) in [5, 5.41) is 0. The molecule has 3 aromatic rings. The van der Waals surface area contributed by atoms with Gasteiger partial charge in [-0.3, -0.25) is 4.79 Å². The molecule has 2 aromatic carbocycles. The van der Waals surface area contributed by atoms with Crippen LogP contribution in [0.5, 0.6) is 0 Å². The Kier molecular flexibility index (Phi) is 6.84. The lowest BCUT2D eigenvalue weighted by Crippen LogP contribution is -2.40. The molecule has 33 heavy (non-hydrogen) atoms. The Morgan fingerprint density at radius 2 is 1.88 bits per heavy atom. The van der Waals surface area contributed by atoms with Gasteiger partial charge in [0.05, 0.1) is 21.7 Å². The number of amides is 1. The lowest BCUT2D eigenvalue weighted by atomic mass is 9.98. The van der Waals surface area contributed by atoms with E-state index in [9.17, 15) is 13.2 Å². The number of aryl methyl sites for hydroxylation is 2. The third-order valence-corrected chi connectivity index (χ3v) is 9.03. The van der Waals surface area contributed by atoms with Gasteiger partial charge in [0.1, 0.15) is 0 Å². The molecule has 0 unspecified atom stereocenters. The van der Waals surface area contributed by atoms with E-state index < -0.39 is 10.0 Å². The Hall–Kier alpha value is -2.73. The first kappa shape index (κ1) is 23.4. The zero-order valence-electron chi connectivity index (χ0n) is 18.8. The van der Waals surface area contributed by atoms with Crippen LogP contribution in [-0.2, 0) is 27.8 Å². The van der Waals surface area contributed by atoms with Crippen molar-refractivity contribution in [1.29, 1.82) is 0 Å². The number of hydrogen-bond donors (Lipinski definition) is 0. The summed E-state index contributed by atoms with van der Waals surface area (Å²) in [4.78, 5) is 18.3. The molecule has 0 bridgehead atoms. The van der Waals surface area contributed by atoms with E-state index in [1.165, 1.54) is 21.2 Å². The third kappa shape index (κ3) is 4.81. The van der Waals surface area contributed by atoms with E-state index in [1.807, 2.05) is 17.6 Å². The standard InChI is InChI=1S/C25H27N3O3S2/c1-4-14-28-22-11-8-19(5-2)17-23(22)32-25(28)26-24(29)20-12-15-27(16-13-20)33(30,31)21-9-6-18(3)7-10-21/h1,6-11,17,20H,5,12-16H2,2-3H3. The first-order valence-corrected chi connectivity index (χ1v) is 13.3. The van der Waals surface area contributed by atoms with Gasteiger partial charge in [-0.1, -0.05) is 47.9 Å². The highest BCUT2D eigenvalue weighted by atomic mass is 32.2. The predicted molar refractivity (Wildman–Crippen MR) is 131 cm³/mol. The van der Waals surface area contributed by atoms with Crippen LogP contribution >= 0.6 is 11.3 Å². The minimum atomic E-state index is -3.56. The number of benzene rings is 2. The van der Waals surface area contributed by atoms with Crippen LogP contribution in [-0.4, -0.2) is 36.3 Å². The monoisotopic (exact) mass is 481 g/mol. The maximum Gasteiger partial charge on any atom is 0.251 e. The maximum absolute atomic E-state index is 13.0. The van der Waals surface area contributed by atoms with Crippen molar-refractivity contribution in [2.45, 2.75) is 44.6 Å². The van der Waals surface area contributed by atoms with Crippen LogP contribution in [0.15, 0.2) is 52.4 Å². The summed E-state index contributed by atoms with van der Waals surface area (Å²) in [5.74, 6) is 2.14. The molecule has 0 N–H and O–H groups in total. The molecule has 0 radical (unpaired) electrons. The zero-order chi connectivity index (χ0) is 23.6. The molecule has 6 nitrogen and oxygen atoms in total. The average molecular weight is 482 g/mol. The van der Waals surface area contributed by atoms with Gasteiger partial charge in [-0.25, -0.2) is 8.42 Å². The number of terminal acetylenes is 1. The van der Waals surface area contributed by atoms with Gasteiger partial charge in [0.15, 0.2) is 4.80 Å². The number of rotatable bonds is 5. The normalized spacial score (nSPS) is 16.2. The van der Waals surface area contributed by atoms with Gasteiger partial charge in [-0.2, -0.15) is 9.30 Å². The van der Waals surface area contributed by atoms with Crippen molar-refractivity contribution in [2.24, 2.45) is 10.9 Å². The van der Waals surface area contributed by atoms with Gasteiger partial charge in [0.2, 0.25) is 10.0 Å². The number of sulfonamides is 1. The van der Waals surface area contributed by atoms with E-state index in [4.69, 9.17) is 6.42 Å². The lowest BCUT2D eigenvalue weighted by Gasteiger charge is -2.29. The van der Waals surface area contributed by atoms with Crippen molar-refractivity contribution in [3.63, 3.8) is 0 Å². The minimum absolute atomic E-state index is 0.213. The molecule has 1 aliphatic heterocycles. The van der Waals surface area contributed by atoms with Gasteiger partial charge in [-0.15, -0.1) is 6.42 Å². The highest BCUT2D eigenvalue weighted by Gasteiger charge is 2.32. The molecule has 1 amide bonds. The number of hydrogen-bond acceptors (Lipinski definition) is 4. The van der Waals surface area contributed by atoms with E-state index in [-0.39, 0.29) is 16.7 Å². The fourth-order valence-corrected chi connectivity index (χ4v) is 6.62. The molecule has 4 rings (SSSR count). The molecule has 0 aliphatic carbocycles. The Morgan fingerprint density at radius 3 is 2.52 bits per heavy atom. The SMILES string of the molecule is C#CCn1c(=NC(=O)C2CCN(S(=O)(=O)c3ccc(C)cc3)CC2)sc2cc(CC)ccc21. The molecule has 0 saturated carbocycles. The zero-order valence-corrected chi connectivity index (χ0v) is 20.5. The number of carbonyl (C=O) groups is 1. The molecule has 1 saturated heterocycles. The second kappa shape index (κ2) is 9.64. The topological polar surface area (TPSA) is 71.7 Å². The molecule has 2 heterocycles. The molecule has 0 atom stereocenters. The summed E-state index contributed by atoms with van der Waals surface area (Å²) in [7, 11) is -3.56. The van der Waals surface area contributed by atoms with E-state index in [0.717, 1.165) is 22.2 Å². The van der Waals surface area contributed by atoms with Crippen molar-refractivity contribution < 1.29 is 13.2 Å². The van der Waals surface area contributed by atoms with Crippen LogP contribution in [0.25, 0.3) is 10.2 Å². The maximum atomic E-state index is 13.0. The van der Waals surface area contributed by atoms with Crippen molar-refractivity contribution in [3.8, 4) is 12.3 Å². The average Bonchev–Trinajstić information content (AvgIpc) is 3.15. The number of piperidine rings is 1. The molecule has 8 heteroatoms. The molecule has 0 spiro atoms. The van der Waals surface area contributed by atoms with Gasteiger partial charge in [0, 0.05) is 19.0 Å². The first-order chi connectivity index (χ1) is 15.8.